The van der Waals surface area contributed by atoms with Gasteiger partial charge >= 0.3 is 0 Å². The van der Waals surface area contributed by atoms with Gasteiger partial charge in [-0.1, -0.05) is 23.2 Å². The highest BCUT2D eigenvalue weighted by Gasteiger charge is 2.29. The number of thiazole rings is 1. The summed E-state index contributed by atoms with van der Waals surface area (Å²) in [6.07, 6.45) is 2.34. The number of sulfone groups is 1. The number of nitrogens with zero attached hydrogens (tertiary/aromatic N) is 1. The minimum Gasteiger partial charge on any atom is -0.320 e. The van der Waals surface area contributed by atoms with E-state index in [-0.39, 0.29) is 36.3 Å². The molecule has 0 bridgehead atoms. The lowest BCUT2D eigenvalue weighted by atomic mass is 10.1. The van der Waals surface area contributed by atoms with Crippen LogP contribution in [-0.4, -0.2) is 37.4 Å². The van der Waals surface area contributed by atoms with Gasteiger partial charge < -0.3 is 11.1 Å². The van der Waals surface area contributed by atoms with Crippen LogP contribution >= 0.6 is 11.3 Å². The molecule has 6 nitrogen and oxygen atoms in total. The number of nitrogens with two attached hydrogens (primary N) is 1. The molecule has 8 heteroatoms. The standard InChI is InChI=1S/C12H15N3O3S2/c13-4-1-2-10-7-14-12(19-10)15-11(16)6-9-3-5-20(17,18)8-9/h7,9H,3-6,8,13H2,(H,14,15,16). The molecule has 1 unspecified atom stereocenters. The third-order valence-electron chi connectivity index (χ3n) is 2.87. The van der Waals surface area contributed by atoms with Crippen molar-refractivity contribution in [3.63, 3.8) is 0 Å². The molecule has 2 heterocycles. The van der Waals surface area contributed by atoms with Crippen molar-refractivity contribution in [3.8, 4) is 11.8 Å². The molecule has 1 aromatic rings. The summed E-state index contributed by atoms with van der Waals surface area (Å²) in [5.74, 6) is 5.53. The molecule has 0 aromatic carbocycles. The van der Waals surface area contributed by atoms with Crippen LogP contribution in [0.15, 0.2) is 6.20 Å². The van der Waals surface area contributed by atoms with Gasteiger partial charge in [-0.3, -0.25) is 4.79 Å². The van der Waals surface area contributed by atoms with E-state index in [1.807, 2.05) is 0 Å². The van der Waals surface area contributed by atoms with E-state index in [1.165, 1.54) is 11.3 Å². The molecule has 1 fully saturated rings. The van der Waals surface area contributed by atoms with Gasteiger partial charge in [-0.2, -0.15) is 0 Å². The van der Waals surface area contributed by atoms with E-state index in [0.29, 0.717) is 11.6 Å². The molecule has 108 valence electrons. The average molecular weight is 313 g/mol. The zero-order valence-corrected chi connectivity index (χ0v) is 12.4. The molecule has 2 rings (SSSR count). The van der Waals surface area contributed by atoms with Gasteiger partial charge in [0.15, 0.2) is 15.0 Å². The summed E-state index contributed by atoms with van der Waals surface area (Å²) in [5, 5.41) is 3.14. The number of carbonyl (C=O) groups is 1. The third-order valence-corrected chi connectivity index (χ3v) is 5.53. The quantitative estimate of drug-likeness (QED) is 0.777. The maximum Gasteiger partial charge on any atom is 0.226 e. The van der Waals surface area contributed by atoms with E-state index in [0.717, 1.165) is 4.88 Å². The predicted octanol–water partition coefficient (Wildman–Crippen LogP) is 0.217. The number of hydrogen-bond acceptors (Lipinski definition) is 6. The first-order chi connectivity index (χ1) is 9.48. The Labute approximate surface area is 121 Å². The van der Waals surface area contributed by atoms with Crippen molar-refractivity contribution in [2.45, 2.75) is 12.8 Å². The molecule has 1 aliphatic rings. The normalized spacial score (nSPS) is 20.1. The summed E-state index contributed by atoms with van der Waals surface area (Å²) in [6, 6.07) is 0. The lowest BCUT2D eigenvalue weighted by Crippen LogP contribution is -2.17. The lowest BCUT2D eigenvalue weighted by molar-refractivity contribution is -0.116. The molecule has 0 spiro atoms. The van der Waals surface area contributed by atoms with Gasteiger partial charge in [-0.25, -0.2) is 13.4 Å². The Morgan fingerprint density at radius 3 is 3.05 bits per heavy atom. The van der Waals surface area contributed by atoms with Crippen LogP contribution < -0.4 is 11.1 Å². The minimum absolute atomic E-state index is 0.0866. The number of carbonyl (C=O) groups excluding carboxylic acids is 1. The summed E-state index contributed by atoms with van der Waals surface area (Å²) < 4.78 is 22.6. The number of hydrogen-bond donors (Lipinski definition) is 2. The summed E-state index contributed by atoms with van der Waals surface area (Å²) >= 11 is 1.27. The molecule has 1 amide bonds. The predicted molar refractivity (Wildman–Crippen MR) is 78.1 cm³/mol. The number of anilines is 1. The van der Waals surface area contributed by atoms with Crippen LogP contribution in [0.4, 0.5) is 5.13 Å². The molecule has 1 aromatic heterocycles. The molecule has 3 N–H and O–H groups in total. The van der Waals surface area contributed by atoms with E-state index < -0.39 is 9.84 Å². The first-order valence-corrected chi connectivity index (χ1v) is 8.77. The highest BCUT2D eigenvalue weighted by molar-refractivity contribution is 7.91. The van der Waals surface area contributed by atoms with Crippen LogP contribution in [0, 0.1) is 17.8 Å². The molecule has 1 aliphatic heterocycles. The fourth-order valence-corrected chi connectivity index (χ4v) is 4.56. The Kier molecular flexibility index (Phi) is 4.75. The van der Waals surface area contributed by atoms with E-state index >= 15 is 0 Å². The smallest absolute Gasteiger partial charge is 0.226 e. The second-order valence-corrected chi connectivity index (χ2v) is 7.82. The molecule has 1 atom stereocenters. The zero-order valence-electron chi connectivity index (χ0n) is 10.8. The SMILES string of the molecule is NCC#Cc1cnc(NC(=O)CC2CCS(=O)(=O)C2)s1. The fraction of sp³-hybridized carbons (Fsp3) is 0.500. The van der Waals surface area contributed by atoms with Crippen LogP contribution in [0.25, 0.3) is 0 Å². The van der Waals surface area contributed by atoms with Crippen LogP contribution in [-0.2, 0) is 14.6 Å². The number of rotatable bonds is 3. The molecule has 1 saturated heterocycles. The van der Waals surface area contributed by atoms with Gasteiger partial charge in [-0.15, -0.1) is 0 Å². The molecular formula is C12H15N3O3S2. The monoisotopic (exact) mass is 313 g/mol. The van der Waals surface area contributed by atoms with Crippen molar-refractivity contribution in [2.24, 2.45) is 11.7 Å². The first kappa shape index (κ1) is 15.0. The highest BCUT2D eigenvalue weighted by atomic mass is 32.2. The molecular weight excluding hydrogens is 298 g/mol. The zero-order chi connectivity index (χ0) is 14.6. The van der Waals surface area contributed by atoms with Gasteiger partial charge in [0.25, 0.3) is 0 Å². The van der Waals surface area contributed by atoms with Crippen LogP contribution in [0.2, 0.25) is 0 Å². The van der Waals surface area contributed by atoms with Crippen LogP contribution in [0.5, 0.6) is 0 Å². The Bertz CT molecular complexity index is 655. The maximum absolute atomic E-state index is 11.8. The van der Waals surface area contributed by atoms with Crippen molar-refractivity contribution < 1.29 is 13.2 Å². The Morgan fingerprint density at radius 1 is 1.60 bits per heavy atom. The molecule has 20 heavy (non-hydrogen) atoms. The Morgan fingerprint density at radius 2 is 2.40 bits per heavy atom. The minimum atomic E-state index is -2.94. The maximum atomic E-state index is 11.8. The van der Waals surface area contributed by atoms with Crippen molar-refractivity contribution in [1.82, 2.24) is 4.98 Å². The number of nitrogens with one attached hydrogen (secondary N) is 1. The third kappa shape index (κ3) is 4.30. The van der Waals surface area contributed by atoms with E-state index in [4.69, 9.17) is 5.73 Å². The second-order valence-electron chi connectivity index (χ2n) is 4.56. The average Bonchev–Trinajstić information content (AvgIpc) is 2.93. The highest BCUT2D eigenvalue weighted by Crippen LogP contribution is 2.23. The van der Waals surface area contributed by atoms with Crippen LogP contribution in [0.1, 0.15) is 17.7 Å². The van der Waals surface area contributed by atoms with Gasteiger partial charge in [0.2, 0.25) is 5.91 Å². The Hall–Kier alpha value is -1.43. The van der Waals surface area contributed by atoms with E-state index in [2.05, 4.69) is 22.1 Å². The van der Waals surface area contributed by atoms with Crippen LogP contribution in [0.3, 0.4) is 0 Å². The summed E-state index contributed by atoms with van der Waals surface area (Å²) in [7, 11) is -2.94. The molecule has 0 saturated carbocycles. The number of aromatic nitrogens is 1. The van der Waals surface area contributed by atoms with Crippen molar-refractivity contribution in [3.05, 3.63) is 11.1 Å². The number of amides is 1. The van der Waals surface area contributed by atoms with E-state index in [9.17, 15) is 13.2 Å². The molecule has 0 aliphatic carbocycles. The first-order valence-electron chi connectivity index (χ1n) is 6.13. The van der Waals surface area contributed by atoms with Gasteiger partial charge in [-0.05, 0) is 12.3 Å². The Balaban J connectivity index is 1.87. The molecule has 0 radical (unpaired) electrons. The summed E-state index contributed by atoms with van der Waals surface area (Å²) in [5.41, 5.74) is 5.27. The second kappa shape index (κ2) is 6.35. The van der Waals surface area contributed by atoms with Gasteiger partial charge in [0.05, 0.1) is 29.1 Å². The fourth-order valence-electron chi connectivity index (χ4n) is 1.99. The van der Waals surface area contributed by atoms with Crippen molar-refractivity contribution >= 4 is 32.2 Å². The van der Waals surface area contributed by atoms with E-state index in [1.54, 1.807) is 6.20 Å². The van der Waals surface area contributed by atoms with Gasteiger partial charge in [0, 0.05) is 6.42 Å². The van der Waals surface area contributed by atoms with Crippen molar-refractivity contribution in [1.29, 1.82) is 0 Å². The summed E-state index contributed by atoms with van der Waals surface area (Å²) in [6.45, 7) is 0.274. The summed E-state index contributed by atoms with van der Waals surface area (Å²) in [4.78, 5) is 16.6. The van der Waals surface area contributed by atoms with Gasteiger partial charge in [0.1, 0.15) is 0 Å². The topological polar surface area (TPSA) is 102 Å². The largest absolute Gasteiger partial charge is 0.320 e. The lowest BCUT2D eigenvalue weighted by Gasteiger charge is -2.06. The van der Waals surface area contributed by atoms with Crippen molar-refractivity contribution in [2.75, 3.05) is 23.4 Å².